The van der Waals surface area contributed by atoms with Crippen molar-refractivity contribution in [1.82, 2.24) is 24.9 Å². The van der Waals surface area contributed by atoms with Crippen molar-refractivity contribution in [1.29, 1.82) is 0 Å². The van der Waals surface area contributed by atoms with Gasteiger partial charge in [-0.15, -0.1) is 16.4 Å². The van der Waals surface area contributed by atoms with E-state index in [9.17, 15) is 4.79 Å². The first-order valence-corrected chi connectivity index (χ1v) is 11.6. The van der Waals surface area contributed by atoms with Crippen LogP contribution in [-0.4, -0.2) is 31.2 Å². The van der Waals surface area contributed by atoms with E-state index in [1.54, 1.807) is 15.9 Å². The number of amides is 1. The van der Waals surface area contributed by atoms with Crippen LogP contribution < -0.4 is 5.32 Å². The average molecular weight is 438 g/mol. The van der Waals surface area contributed by atoms with Crippen LogP contribution in [-0.2, 0) is 17.8 Å². The Balaban J connectivity index is 1.46. The number of nitrogens with one attached hydrogen (secondary N) is 1. The van der Waals surface area contributed by atoms with Crippen LogP contribution in [0.25, 0.3) is 5.78 Å². The van der Waals surface area contributed by atoms with Gasteiger partial charge in [-0.3, -0.25) is 4.79 Å². The first-order chi connectivity index (χ1) is 14.5. The summed E-state index contributed by atoms with van der Waals surface area (Å²) in [7, 11) is 0. The molecule has 0 bridgehead atoms. The normalized spacial score (nSPS) is 11.2. The van der Waals surface area contributed by atoms with Gasteiger partial charge in [0.25, 0.3) is 5.78 Å². The Morgan fingerprint density at radius 3 is 2.67 bits per heavy atom. The van der Waals surface area contributed by atoms with Gasteiger partial charge in [-0.25, -0.2) is 9.50 Å². The Kier molecular flexibility index (Phi) is 6.15. The lowest BCUT2D eigenvalue weighted by molar-refractivity contribution is -0.118. The van der Waals surface area contributed by atoms with E-state index in [1.165, 1.54) is 22.9 Å². The highest BCUT2D eigenvalue weighted by Gasteiger charge is 2.15. The fraction of sp³-hybridized carbons (Fsp3) is 0.273. The molecule has 0 saturated carbocycles. The molecule has 0 atom stereocenters. The molecule has 0 aliphatic carbocycles. The number of benzene rings is 1. The van der Waals surface area contributed by atoms with Crippen molar-refractivity contribution in [2.45, 2.75) is 38.9 Å². The van der Waals surface area contributed by atoms with E-state index in [4.69, 9.17) is 0 Å². The number of hydrogen-bond acceptors (Lipinski definition) is 6. The highest BCUT2D eigenvalue weighted by molar-refractivity contribution is 7.99. The lowest BCUT2D eigenvalue weighted by Gasteiger charge is -2.10. The summed E-state index contributed by atoms with van der Waals surface area (Å²) in [6, 6.07) is 12.5. The molecule has 0 aliphatic heterocycles. The van der Waals surface area contributed by atoms with Gasteiger partial charge < -0.3 is 5.32 Å². The zero-order chi connectivity index (χ0) is 21.1. The van der Waals surface area contributed by atoms with Crippen LogP contribution in [0.15, 0.2) is 46.9 Å². The van der Waals surface area contributed by atoms with Gasteiger partial charge >= 0.3 is 0 Å². The predicted octanol–water partition coefficient (Wildman–Crippen LogP) is 4.11. The molecule has 0 aliphatic rings. The van der Waals surface area contributed by atoms with Crippen molar-refractivity contribution >= 4 is 34.8 Å². The summed E-state index contributed by atoms with van der Waals surface area (Å²) in [6.45, 7) is 6.70. The quantitative estimate of drug-likeness (QED) is 0.441. The number of thioether (sulfide) groups is 1. The number of thiophene rings is 1. The van der Waals surface area contributed by atoms with Crippen molar-refractivity contribution < 1.29 is 4.79 Å². The van der Waals surface area contributed by atoms with Crippen LogP contribution in [0.5, 0.6) is 0 Å². The number of fused-ring (bicyclic) bond motifs is 1. The first-order valence-electron chi connectivity index (χ1n) is 9.70. The van der Waals surface area contributed by atoms with Crippen LogP contribution in [0.3, 0.4) is 0 Å². The molecule has 154 valence electrons. The summed E-state index contributed by atoms with van der Waals surface area (Å²) >= 11 is 2.96. The molecule has 1 N–H and O–H groups in total. The molecule has 0 fully saturated rings. The summed E-state index contributed by atoms with van der Waals surface area (Å²) in [5, 5.41) is 10.1. The third kappa shape index (κ3) is 4.71. The summed E-state index contributed by atoms with van der Waals surface area (Å²) in [6.07, 6.45) is 0.800. The fourth-order valence-electron chi connectivity index (χ4n) is 3.20. The van der Waals surface area contributed by atoms with E-state index in [1.807, 2.05) is 31.4 Å². The van der Waals surface area contributed by atoms with Crippen LogP contribution >= 0.6 is 23.1 Å². The van der Waals surface area contributed by atoms with Crippen molar-refractivity contribution in [3.8, 4) is 0 Å². The monoisotopic (exact) mass is 437 g/mol. The van der Waals surface area contributed by atoms with Crippen LogP contribution in [0, 0.1) is 20.8 Å². The Bertz CT molecular complexity index is 1170. The Morgan fingerprint density at radius 2 is 1.93 bits per heavy atom. The Labute approximate surface area is 183 Å². The summed E-state index contributed by atoms with van der Waals surface area (Å²) in [5.41, 5.74) is 5.63. The van der Waals surface area contributed by atoms with Crippen molar-refractivity contribution in [3.05, 3.63) is 74.7 Å². The highest BCUT2D eigenvalue weighted by Crippen LogP contribution is 2.21. The second kappa shape index (κ2) is 8.97. The molecule has 0 saturated heterocycles. The second-order valence-electron chi connectivity index (χ2n) is 7.17. The van der Waals surface area contributed by atoms with E-state index in [0.29, 0.717) is 17.5 Å². The number of aromatic nitrogens is 4. The number of carbonyl (C=O) groups excluding carboxylic acids is 1. The van der Waals surface area contributed by atoms with E-state index in [-0.39, 0.29) is 11.7 Å². The third-order valence-electron chi connectivity index (χ3n) is 4.90. The zero-order valence-corrected chi connectivity index (χ0v) is 18.8. The Hall–Kier alpha value is -2.71. The molecule has 3 heterocycles. The minimum atomic E-state index is -0.0341. The molecule has 3 aromatic heterocycles. The van der Waals surface area contributed by atoms with Crippen LogP contribution in [0.4, 0.5) is 0 Å². The van der Waals surface area contributed by atoms with Crippen LogP contribution in [0.1, 0.15) is 33.0 Å². The standard InChI is InChI=1S/C22H23N5OS2/c1-14-6-8-17(9-7-14)11-19-15(2)24-21-25-22(26-27(21)16(19)3)30-13-20(28)23-12-18-5-4-10-29-18/h4-10H,11-13H2,1-3H3,(H,23,28). The first kappa shape index (κ1) is 20.6. The Morgan fingerprint density at radius 1 is 1.13 bits per heavy atom. The number of nitrogens with zero attached hydrogens (tertiary/aromatic N) is 4. The highest BCUT2D eigenvalue weighted by atomic mass is 32.2. The molecule has 8 heteroatoms. The smallest absolute Gasteiger partial charge is 0.253 e. The lowest BCUT2D eigenvalue weighted by atomic mass is 10.0. The summed E-state index contributed by atoms with van der Waals surface area (Å²) in [4.78, 5) is 22.4. The molecule has 1 amide bonds. The molecule has 0 radical (unpaired) electrons. The van der Waals surface area contributed by atoms with Gasteiger partial charge in [0.05, 0.1) is 12.3 Å². The van der Waals surface area contributed by atoms with Crippen molar-refractivity contribution in [3.63, 3.8) is 0 Å². The van der Waals surface area contributed by atoms with Gasteiger partial charge in [0, 0.05) is 22.7 Å². The maximum atomic E-state index is 12.1. The predicted molar refractivity (Wildman–Crippen MR) is 121 cm³/mol. The zero-order valence-electron chi connectivity index (χ0n) is 17.2. The molecule has 4 rings (SSSR count). The number of carbonyl (C=O) groups is 1. The molecular formula is C22H23N5OS2. The third-order valence-corrected chi connectivity index (χ3v) is 6.62. The number of aryl methyl sites for hydroxylation is 3. The maximum Gasteiger partial charge on any atom is 0.253 e. The lowest BCUT2D eigenvalue weighted by Crippen LogP contribution is -2.24. The average Bonchev–Trinajstić information content (AvgIpc) is 3.39. The molecule has 1 aromatic carbocycles. The van der Waals surface area contributed by atoms with Gasteiger partial charge in [0.15, 0.2) is 0 Å². The second-order valence-corrected chi connectivity index (χ2v) is 9.15. The van der Waals surface area contributed by atoms with Gasteiger partial charge in [0.1, 0.15) is 0 Å². The topological polar surface area (TPSA) is 72.2 Å². The fourth-order valence-corrected chi connectivity index (χ4v) is 4.49. The summed E-state index contributed by atoms with van der Waals surface area (Å²) in [5.74, 6) is 0.809. The largest absolute Gasteiger partial charge is 0.350 e. The van der Waals surface area contributed by atoms with Gasteiger partial charge in [0.2, 0.25) is 11.1 Å². The van der Waals surface area contributed by atoms with Gasteiger partial charge in [-0.05, 0) is 43.3 Å². The molecule has 0 spiro atoms. The van der Waals surface area contributed by atoms with E-state index in [0.717, 1.165) is 28.2 Å². The molecule has 6 nitrogen and oxygen atoms in total. The molecular weight excluding hydrogens is 414 g/mol. The van der Waals surface area contributed by atoms with E-state index in [2.05, 4.69) is 51.6 Å². The number of hydrogen-bond donors (Lipinski definition) is 1. The van der Waals surface area contributed by atoms with E-state index < -0.39 is 0 Å². The van der Waals surface area contributed by atoms with Crippen molar-refractivity contribution in [2.24, 2.45) is 0 Å². The maximum absolute atomic E-state index is 12.1. The summed E-state index contributed by atoms with van der Waals surface area (Å²) < 4.78 is 1.78. The molecule has 30 heavy (non-hydrogen) atoms. The van der Waals surface area contributed by atoms with E-state index >= 15 is 0 Å². The van der Waals surface area contributed by atoms with Gasteiger partial charge in [-0.1, -0.05) is 47.7 Å². The molecule has 4 aromatic rings. The molecule has 0 unspecified atom stereocenters. The SMILES string of the molecule is Cc1ccc(Cc2c(C)nc3nc(SCC(=O)NCc4cccs4)nn3c2C)cc1. The van der Waals surface area contributed by atoms with Gasteiger partial charge in [-0.2, -0.15) is 4.98 Å². The van der Waals surface area contributed by atoms with Crippen LogP contribution in [0.2, 0.25) is 0 Å². The minimum absolute atomic E-state index is 0.0341. The van der Waals surface area contributed by atoms with Crippen molar-refractivity contribution in [2.75, 3.05) is 5.75 Å². The number of rotatable bonds is 7. The minimum Gasteiger partial charge on any atom is -0.350 e.